The average Bonchev–Trinajstić information content (AvgIpc) is 3.11. The number of rotatable bonds is 14. The van der Waals surface area contributed by atoms with Gasteiger partial charge in [0.05, 0.1) is 20.2 Å². The zero-order valence-electron chi connectivity index (χ0n) is 20.3. The number of halogens is 1. The highest BCUT2D eigenvalue weighted by molar-refractivity contribution is 8.93. The number of fused-ring (bicyclic) bond motifs is 1. The molecule has 0 radical (unpaired) electrons. The Morgan fingerprint density at radius 1 is 0.844 bits per heavy atom. The number of imidazole rings is 1. The molecule has 2 aromatic carbocycles. The second kappa shape index (κ2) is 14.4. The number of unbranched alkanes of at least 4 members (excludes halogenated alkanes) is 5. The van der Waals surface area contributed by atoms with Gasteiger partial charge < -0.3 is 4.74 Å². The zero-order chi connectivity index (χ0) is 21.9. The monoisotopic (exact) mass is 501 g/mol. The van der Waals surface area contributed by atoms with Crippen molar-refractivity contribution in [2.75, 3.05) is 6.61 Å². The van der Waals surface area contributed by atoms with Crippen molar-refractivity contribution in [1.29, 1.82) is 0 Å². The van der Waals surface area contributed by atoms with Crippen LogP contribution in [0.2, 0.25) is 0 Å². The fourth-order valence-electron chi connectivity index (χ4n) is 4.35. The van der Waals surface area contributed by atoms with Crippen molar-refractivity contribution in [3.63, 3.8) is 0 Å². The topological polar surface area (TPSA) is 18.0 Å². The molecule has 0 atom stereocenters. The average molecular weight is 503 g/mol. The Hall–Kier alpha value is -1.81. The van der Waals surface area contributed by atoms with Gasteiger partial charge in [-0.2, -0.15) is 0 Å². The van der Waals surface area contributed by atoms with Gasteiger partial charge in [0, 0.05) is 0 Å². The van der Waals surface area contributed by atoms with Gasteiger partial charge in [-0.15, -0.1) is 17.0 Å². The summed E-state index contributed by atoms with van der Waals surface area (Å²) in [6, 6.07) is 15.5. The molecular weight excluding hydrogens is 460 g/mol. The van der Waals surface area contributed by atoms with Gasteiger partial charge >= 0.3 is 0 Å². The highest BCUT2D eigenvalue weighted by Gasteiger charge is 2.12. The lowest BCUT2D eigenvalue weighted by molar-refractivity contribution is -0.645. The number of hydrogen-bond acceptors (Lipinski definition) is 1. The van der Waals surface area contributed by atoms with Crippen LogP contribution in [0.4, 0.5) is 0 Å². The molecule has 3 rings (SSSR count). The number of nitrogens with zero attached hydrogens (tertiary/aromatic N) is 2. The van der Waals surface area contributed by atoms with Crippen LogP contribution in [0.5, 0.6) is 5.75 Å². The van der Waals surface area contributed by atoms with Gasteiger partial charge in [-0.25, -0.2) is 9.13 Å². The highest BCUT2D eigenvalue weighted by atomic mass is 79.9. The molecule has 0 amide bonds. The second-order valence-electron chi connectivity index (χ2n) is 8.82. The van der Waals surface area contributed by atoms with Crippen LogP contribution in [0.15, 0.2) is 48.8 Å². The van der Waals surface area contributed by atoms with E-state index < -0.39 is 0 Å². The smallest absolute Gasteiger partial charge is 0.244 e. The molecule has 0 fully saturated rings. The van der Waals surface area contributed by atoms with Crippen molar-refractivity contribution in [3.05, 3.63) is 59.9 Å². The van der Waals surface area contributed by atoms with E-state index in [0.717, 1.165) is 38.2 Å². The van der Waals surface area contributed by atoms with Gasteiger partial charge in [0.2, 0.25) is 6.33 Å². The normalized spacial score (nSPS) is 11.0. The summed E-state index contributed by atoms with van der Waals surface area (Å²) >= 11 is 0. The molecule has 32 heavy (non-hydrogen) atoms. The first-order valence-electron chi connectivity index (χ1n) is 12.4. The van der Waals surface area contributed by atoms with E-state index in [-0.39, 0.29) is 17.0 Å². The Balaban J connectivity index is 0.00000363. The number of ether oxygens (including phenoxy) is 1. The van der Waals surface area contributed by atoms with E-state index in [2.05, 4.69) is 78.8 Å². The van der Waals surface area contributed by atoms with E-state index in [0.29, 0.717) is 0 Å². The van der Waals surface area contributed by atoms with Crippen LogP contribution in [0, 0.1) is 0 Å². The van der Waals surface area contributed by atoms with Gasteiger partial charge in [0.1, 0.15) is 5.75 Å². The summed E-state index contributed by atoms with van der Waals surface area (Å²) in [5, 5.41) is 0. The Kier molecular flexibility index (Phi) is 11.9. The van der Waals surface area contributed by atoms with Crippen molar-refractivity contribution in [2.45, 2.75) is 84.6 Å². The number of hydrogen-bond donors (Lipinski definition) is 0. The predicted octanol–water partition coefficient (Wildman–Crippen LogP) is 7.37. The molecule has 1 heterocycles. The lowest BCUT2D eigenvalue weighted by Crippen LogP contribution is -2.25. The molecule has 0 aliphatic rings. The van der Waals surface area contributed by atoms with Crippen molar-refractivity contribution < 1.29 is 9.30 Å². The minimum atomic E-state index is 0. The fourth-order valence-corrected chi connectivity index (χ4v) is 4.35. The summed E-state index contributed by atoms with van der Waals surface area (Å²) in [6.45, 7) is 6.37. The molecule has 0 N–H and O–H groups in total. The van der Waals surface area contributed by atoms with Crippen LogP contribution in [0.25, 0.3) is 11.0 Å². The van der Waals surface area contributed by atoms with Gasteiger partial charge in [0.25, 0.3) is 0 Å². The van der Waals surface area contributed by atoms with E-state index in [1.165, 1.54) is 67.1 Å². The maximum atomic E-state index is 6.26. The largest absolute Gasteiger partial charge is 0.493 e. The zero-order valence-corrected chi connectivity index (χ0v) is 22.0. The molecule has 3 aromatic rings. The van der Waals surface area contributed by atoms with Crippen molar-refractivity contribution >= 4 is 28.0 Å². The first kappa shape index (κ1) is 26.4. The molecule has 176 valence electrons. The van der Waals surface area contributed by atoms with Crippen LogP contribution in [-0.4, -0.2) is 11.2 Å². The lowest BCUT2D eigenvalue weighted by atomic mass is 10.00. The van der Waals surface area contributed by atoms with Crippen LogP contribution in [0.1, 0.15) is 76.3 Å². The first-order valence-corrected chi connectivity index (χ1v) is 12.4. The molecular formula is C28H42BrN2O+. The molecule has 3 nitrogen and oxygen atoms in total. The summed E-state index contributed by atoms with van der Waals surface area (Å²) in [5.41, 5.74) is 5.47. The van der Waals surface area contributed by atoms with E-state index >= 15 is 0 Å². The van der Waals surface area contributed by atoms with Crippen LogP contribution in [0.3, 0.4) is 0 Å². The second-order valence-corrected chi connectivity index (χ2v) is 8.82. The maximum absolute atomic E-state index is 6.26. The third kappa shape index (κ3) is 7.65. The standard InChI is InChI=1S/C28H41N2O.BrH/c1-4-6-8-14-24-18-19-28(25(22-24)15-9-7-5-2)31-21-13-12-20-30-23-29(3)26-16-10-11-17-27(26)30;/h10-11,16-19,22-23H,4-9,12-15,20-21H2,1-3H3;1H/q+1;. The molecule has 0 aliphatic carbocycles. The Bertz CT molecular complexity index is 934. The summed E-state index contributed by atoms with van der Waals surface area (Å²) in [6.07, 6.45) is 14.4. The third-order valence-corrected chi connectivity index (χ3v) is 6.18. The molecule has 4 heteroatoms. The molecule has 0 saturated carbocycles. The third-order valence-electron chi connectivity index (χ3n) is 6.18. The molecule has 0 bridgehead atoms. The summed E-state index contributed by atoms with van der Waals surface area (Å²) in [4.78, 5) is 0. The molecule has 0 unspecified atom stereocenters. The first-order chi connectivity index (χ1) is 15.2. The predicted molar refractivity (Wildman–Crippen MR) is 141 cm³/mol. The molecule has 0 spiro atoms. The van der Waals surface area contributed by atoms with E-state index in [9.17, 15) is 0 Å². The summed E-state index contributed by atoms with van der Waals surface area (Å²) in [7, 11) is 2.12. The van der Waals surface area contributed by atoms with E-state index in [1.807, 2.05) is 0 Å². The van der Waals surface area contributed by atoms with Crippen molar-refractivity contribution in [2.24, 2.45) is 7.05 Å². The number of aromatic nitrogens is 2. The number of para-hydroxylation sites is 2. The van der Waals surface area contributed by atoms with Crippen molar-refractivity contribution in [3.8, 4) is 5.75 Å². The molecule has 0 saturated heterocycles. The minimum absolute atomic E-state index is 0. The van der Waals surface area contributed by atoms with Gasteiger partial charge in [-0.1, -0.05) is 63.8 Å². The number of aryl methyl sites for hydroxylation is 4. The Morgan fingerprint density at radius 2 is 1.59 bits per heavy atom. The lowest BCUT2D eigenvalue weighted by Gasteiger charge is -2.13. The van der Waals surface area contributed by atoms with Crippen molar-refractivity contribution in [1.82, 2.24) is 4.57 Å². The van der Waals surface area contributed by atoms with Gasteiger partial charge in [0.15, 0.2) is 11.0 Å². The van der Waals surface area contributed by atoms with Gasteiger partial charge in [-0.05, 0) is 67.9 Å². The Labute approximate surface area is 205 Å². The molecule has 1 aromatic heterocycles. The quantitative estimate of drug-likeness (QED) is 0.166. The van der Waals surface area contributed by atoms with E-state index in [1.54, 1.807) is 0 Å². The summed E-state index contributed by atoms with van der Waals surface area (Å²) in [5.74, 6) is 1.10. The minimum Gasteiger partial charge on any atom is -0.493 e. The maximum Gasteiger partial charge on any atom is 0.244 e. The fraction of sp³-hybridized carbons (Fsp3) is 0.536. The van der Waals surface area contributed by atoms with Crippen LogP contribution >= 0.6 is 17.0 Å². The highest BCUT2D eigenvalue weighted by Crippen LogP contribution is 2.24. The van der Waals surface area contributed by atoms with Crippen LogP contribution < -0.4 is 9.30 Å². The summed E-state index contributed by atoms with van der Waals surface area (Å²) < 4.78 is 10.8. The van der Waals surface area contributed by atoms with Gasteiger partial charge in [-0.3, -0.25) is 0 Å². The molecule has 0 aliphatic heterocycles. The van der Waals surface area contributed by atoms with E-state index in [4.69, 9.17) is 4.74 Å². The number of benzene rings is 2. The SMILES string of the molecule is Br.CCCCCc1ccc(OCCCCn2c[n+](C)c3ccccc32)c(CCCCC)c1. The Morgan fingerprint density at radius 3 is 2.38 bits per heavy atom. The van der Waals surface area contributed by atoms with Crippen LogP contribution in [-0.2, 0) is 26.4 Å².